The van der Waals surface area contributed by atoms with E-state index >= 15 is 0 Å². The number of nitrogens with zero attached hydrogens (tertiary/aromatic N) is 3. The lowest BCUT2D eigenvalue weighted by atomic mass is 10.0. The van der Waals surface area contributed by atoms with Gasteiger partial charge in [-0.1, -0.05) is 18.2 Å². The first-order valence-electron chi connectivity index (χ1n) is 8.32. The number of amides is 1. The summed E-state index contributed by atoms with van der Waals surface area (Å²) in [4.78, 5) is 14.8. The minimum atomic E-state index is 0.00104. The first kappa shape index (κ1) is 16.5. The second-order valence-corrected chi connectivity index (χ2v) is 5.99. The summed E-state index contributed by atoms with van der Waals surface area (Å²) in [7, 11) is 1.67. The molecule has 1 N–H and O–H groups in total. The average molecular weight is 328 g/mol. The van der Waals surface area contributed by atoms with Crippen LogP contribution in [0.4, 0.5) is 0 Å². The summed E-state index contributed by atoms with van der Waals surface area (Å²) in [6, 6.07) is 9.87. The van der Waals surface area contributed by atoms with Crippen molar-refractivity contribution >= 4 is 5.91 Å². The summed E-state index contributed by atoms with van der Waals surface area (Å²) < 4.78 is 7.35. The number of ether oxygens (including phenoxy) is 1. The van der Waals surface area contributed by atoms with Crippen molar-refractivity contribution < 1.29 is 9.53 Å². The largest absolute Gasteiger partial charge is 0.496 e. The zero-order valence-electron chi connectivity index (χ0n) is 14.2. The van der Waals surface area contributed by atoms with Gasteiger partial charge in [-0.2, -0.15) is 5.10 Å². The maximum Gasteiger partial charge on any atom is 0.225 e. The molecule has 24 heavy (non-hydrogen) atoms. The summed E-state index contributed by atoms with van der Waals surface area (Å²) in [5.41, 5.74) is 2.13. The Morgan fingerprint density at radius 2 is 2.21 bits per heavy atom. The predicted octanol–water partition coefficient (Wildman–Crippen LogP) is 1.76. The molecule has 1 fully saturated rings. The number of carbonyl (C=O) groups excluding carboxylic acids is 1. The molecule has 6 nitrogen and oxygen atoms in total. The van der Waals surface area contributed by atoms with Gasteiger partial charge in [0, 0.05) is 50.1 Å². The lowest BCUT2D eigenvalue weighted by molar-refractivity contribution is -0.134. The summed E-state index contributed by atoms with van der Waals surface area (Å²) in [5.74, 6) is 0.981. The molecule has 2 heterocycles. The van der Waals surface area contributed by atoms with E-state index in [-0.39, 0.29) is 11.9 Å². The Bertz CT molecular complexity index is 698. The van der Waals surface area contributed by atoms with Crippen molar-refractivity contribution in [1.29, 1.82) is 0 Å². The van der Waals surface area contributed by atoms with Crippen LogP contribution in [0.25, 0.3) is 0 Å². The number of aryl methyl sites for hydroxylation is 2. The standard InChI is InChI=1S/C18H24N4O2/c1-14-7-9-20-22(14)11-8-18(23)21-12-10-19-13-16(21)15-5-3-4-6-17(15)24-2/h3-7,9,16,19H,8,10-13H2,1-2H3. The van der Waals surface area contributed by atoms with Gasteiger partial charge in [-0.3, -0.25) is 9.48 Å². The highest BCUT2D eigenvalue weighted by Crippen LogP contribution is 2.30. The number of benzene rings is 1. The molecule has 0 aliphatic carbocycles. The van der Waals surface area contributed by atoms with Crippen LogP contribution in [-0.4, -0.2) is 47.3 Å². The van der Waals surface area contributed by atoms with E-state index in [0.29, 0.717) is 19.5 Å². The van der Waals surface area contributed by atoms with Gasteiger partial charge < -0.3 is 15.0 Å². The summed E-state index contributed by atoms with van der Waals surface area (Å²) in [6.45, 7) is 4.88. The molecule has 1 unspecified atom stereocenters. The van der Waals surface area contributed by atoms with Gasteiger partial charge in [0.25, 0.3) is 0 Å². The third-order valence-electron chi connectivity index (χ3n) is 4.53. The highest BCUT2D eigenvalue weighted by Gasteiger charge is 2.29. The molecule has 0 saturated carbocycles. The number of hydrogen-bond donors (Lipinski definition) is 1. The maximum atomic E-state index is 12.8. The molecule has 1 amide bonds. The zero-order valence-corrected chi connectivity index (χ0v) is 14.2. The lowest BCUT2D eigenvalue weighted by Gasteiger charge is -2.37. The van der Waals surface area contributed by atoms with Crippen molar-refractivity contribution in [2.45, 2.75) is 25.9 Å². The number of nitrogens with one attached hydrogen (secondary N) is 1. The Labute approximate surface area is 142 Å². The van der Waals surface area contributed by atoms with Gasteiger partial charge in [0.1, 0.15) is 5.75 Å². The Morgan fingerprint density at radius 1 is 1.38 bits per heavy atom. The van der Waals surface area contributed by atoms with E-state index in [4.69, 9.17) is 4.74 Å². The first-order valence-corrected chi connectivity index (χ1v) is 8.32. The fourth-order valence-corrected chi connectivity index (χ4v) is 3.20. The molecule has 6 heteroatoms. The van der Waals surface area contributed by atoms with Crippen molar-refractivity contribution in [2.24, 2.45) is 0 Å². The highest BCUT2D eigenvalue weighted by atomic mass is 16.5. The van der Waals surface area contributed by atoms with E-state index in [2.05, 4.69) is 10.4 Å². The van der Waals surface area contributed by atoms with Crippen molar-refractivity contribution in [3.63, 3.8) is 0 Å². The zero-order chi connectivity index (χ0) is 16.9. The van der Waals surface area contributed by atoms with Gasteiger partial charge in [0.05, 0.1) is 13.2 Å². The Hall–Kier alpha value is -2.34. The molecule has 1 aromatic carbocycles. The second kappa shape index (κ2) is 7.49. The fourth-order valence-electron chi connectivity index (χ4n) is 3.20. The monoisotopic (exact) mass is 328 g/mol. The SMILES string of the molecule is COc1ccccc1C1CNCCN1C(=O)CCn1nccc1C. The number of hydrogen-bond acceptors (Lipinski definition) is 4. The molecular weight excluding hydrogens is 304 g/mol. The molecule has 3 rings (SSSR count). The van der Waals surface area contributed by atoms with E-state index in [1.54, 1.807) is 13.3 Å². The Kier molecular flexibility index (Phi) is 5.15. The van der Waals surface area contributed by atoms with E-state index in [9.17, 15) is 4.79 Å². The van der Waals surface area contributed by atoms with Gasteiger partial charge in [0.2, 0.25) is 5.91 Å². The number of methoxy groups -OCH3 is 1. The number of piperazine rings is 1. The van der Waals surface area contributed by atoms with Crippen molar-refractivity contribution in [3.8, 4) is 5.75 Å². The predicted molar refractivity (Wildman–Crippen MR) is 91.9 cm³/mol. The van der Waals surface area contributed by atoms with Gasteiger partial charge >= 0.3 is 0 Å². The molecule has 1 aliphatic heterocycles. The van der Waals surface area contributed by atoms with Crippen LogP contribution in [0.15, 0.2) is 36.5 Å². The molecule has 1 aromatic heterocycles. The van der Waals surface area contributed by atoms with Crippen molar-refractivity contribution in [3.05, 3.63) is 47.8 Å². The van der Waals surface area contributed by atoms with Crippen LogP contribution >= 0.6 is 0 Å². The quantitative estimate of drug-likeness (QED) is 0.909. The molecule has 1 atom stereocenters. The smallest absolute Gasteiger partial charge is 0.225 e. The molecule has 1 aliphatic rings. The van der Waals surface area contributed by atoms with Crippen LogP contribution in [0, 0.1) is 6.92 Å². The van der Waals surface area contributed by atoms with Crippen LogP contribution in [0.1, 0.15) is 23.7 Å². The topological polar surface area (TPSA) is 59.4 Å². The Balaban J connectivity index is 1.74. The van der Waals surface area contributed by atoms with Crippen LogP contribution in [0.3, 0.4) is 0 Å². The van der Waals surface area contributed by atoms with Gasteiger partial charge in [-0.15, -0.1) is 0 Å². The molecule has 1 saturated heterocycles. The molecular formula is C18H24N4O2. The molecule has 2 aromatic rings. The van der Waals surface area contributed by atoms with E-state index in [1.165, 1.54) is 0 Å². The van der Waals surface area contributed by atoms with Gasteiger partial charge in [0.15, 0.2) is 0 Å². The van der Waals surface area contributed by atoms with Crippen LogP contribution in [0.2, 0.25) is 0 Å². The minimum Gasteiger partial charge on any atom is -0.496 e. The summed E-state index contributed by atoms with van der Waals surface area (Å²) >= 11 is 0. The van der Waals surface area contributed by atoms with Crippen LogP contribution in [0.5, 0.6) is 5.75 Å². The number of aromatic nitrogens is 2. The minimum absolute atomic E-state index is 0.00104. The van der Waals surface area contributed by atoms with Gasteiger partial charge in [-0.05, 0) is 19.1 Å². The number of para-hydroxylation sites is 1. The van der Waals surface area contributed by atoms with Gasteiger partial charge in [-0.25, -0.2) is 0 Å². The highest BCUT2D eigenvalue weighted by molar-refractivity contribution is 5.77. The molecule has 0 spiro atoms. The normalized spacial score (nSPS) is 17.8. The fraction of sp³-hybridized carbons (Fsp3) is 0.444. The maximum absolute atomic E-state index is 12.8. The van der Waals surface area contributed by atoms with E-state index < -0.39 is 0 Å². The van der Waals surface area contributed by atoms with E-state index in [1.807, 2.05) is 46.8 Å². The van der Waals surface area contributed by atoms with Crippen LogP contribution < -0.4 is 10.1 Å². The lowest BCUT2D eigenvalue weighted by Crippen LogP contribution is -2.49. The second-order valence-electron chi connectivity index (χ2n) is 5.99. The van der Waals surface area contributed by atoms with Crippen LogP contribution in [-0.2, 0) is 11.3 Å². The third-order valence-corrected chi connectivity index (χ3v) is 4.53. The number of rotatable bonds is 5. The molecule has 0 bridgehead atoms. The van der Waals surface area contributed by atoms with Crippen molar-refractivity contribution in [2.75, 3.05) is 26.7 Å². The average Bonchev–Trinajstić information content (AvgIpc) is 3.04. The first-order chi connectivity index (χ1) is 11.7. The van der Waals surface area contributed by atoms with E-state index in [0.717, 1.165) is 30.1 Å². The third kappa shape index (κ3) is 3.43. The summed E-state index contributed by atoms with van der Waals surface area (Å²) in [6.07, 6.45) is 2.22. The van der Waals surface area contributed by atoms with Crippen molar-refractivity contribution in [1.82, 2.24) is 20.0 Å². The summed E-state index contributed by atoms with van der Waals surface area (Å²) in [5, 5.41) is 7.63. The molecule has 0 radical (unpaired) electrons. The molecule has 128 valence electrons. The number of carbonyl (C=O) groups is 1. The Morgan fingerprint density at radius 3 is 2.96 bits per heavy atom.